The van der Waals surface area contributed by atoms with E-state index in [0.717, 1.165) is 16.6 Å². The summed E-state index contributed by atoms with van der Waals surface area (Å²) in [6.45, 7) is 5.22. The zero-order valence-electron chi connectivity index (χ0n) is 9.92. The molecule has 1 heterocycles. The van der Waals surface area contributed by atoms with Crippen molar-refractivity contribution in [2.45, 2.75) is 26.2 Å². The average Bonchev–Trinajstić information content (AvgIpc) is 2.60. The second-order valence-electron chi connectivity index (χ2n) is 3.85. The minimum Gasteiger partial charge on any atom is -0.351 e. The zero-order chi connectivity index (χ0) is 12.1. The topological polar surface area (TPSA) is 83.8 Å². The Kier molecular flexibility index (Phi) is 7.41. The molecule has 17 heavy (non-hydrogen) atoms. The molecule has 1 aromatic rings. The van der Waals surface area contributed by atoms with Crippen LogP contribution in [0.25, 0.3) is 0 Å². The van der Waals surface area contributed by atoms with E-state index in [2.05, 4.69) is 31.4 Å². The molecule has 98 valence electrons. The number of H-pyrrole nitrogens is 1. The molecule has 0 aromatic carbocycles. The van der Waals surface area contributed by atoms with Crippen molar-refractivity contribution in [3.63, 3.8) is 0 Å². The van der Waals surface area contributed by atoms with E-state index in [4.69, 9.17) is 5.73 Å². The number of aromatic nitrogens is 2. The van der Waals surface area contributed by atoms with Crippen molar-refractivity contribution in [2.24, 2.45) is 5.73 Å². The van der Waals surface area contributed by atoms with E-state index in [1.165, 1.54) is 0 Å². The number of carbonyl (C=O) groups is 1. The highest BCUT2D eigenvalue weighted by molar-refractivity contribution is 9.10. The van der Waals surface area contributed by atoms with Gasteiger partial charge in [-0.2, -0.15) is 5.10 Å². The van der Waals surface area contributed by atoms with Crippen LogP contribution in [0.3, 0.4) is 0 Å². The lowest BCUT2D eigenvalue weighted by Crippen LogP contribution is -2.26. The van der Waals surface area contributed by atoms with Crippen molar-refractivity contribution < 1.29 is 4.79 Å². The maximum absolute atomic E-state index is 11.7. The van der Waals surface area contributed by atoms with Crippen LogP contribution in [0.5, 0.6) is 0 Å². The Morgan fingerprint density at radius 2 is 2.24 bits per heavy atom. The van der Waals surface area contributed by atoms with Gasteiger partial charge in [-0.1, -0.05) is 13.8 Å². The number of hydrogen-bond acceptors (Lipinski definition) is 3. The van der Waals surface area contributed by atoms with E-state index < -0.39 is 0 Å². The molecule has 0 saturated carbocycles. The summed E-state index contributed by atoms with van der Waals surface area (Å²) in [5.41, 5.74) is 6.68. The molecule has 0 unspecified atom stereocenters. The Morgan fingerprint density at radius 3 is 2.71 bits per heavy atom. The van der Waals surface area contributed by atoms with E-state index in [9.17, 15) is 4.79 Å². The predicted octanol–water partition coefficient (Wildman–Crippen LogP) is 1.80. The fourth-order valence-electron chi connectivity index (χ4n) is 1.26. The van der Waals surface area contributed by atoms with Gasteiger partial charge in [0.15, 0.2) is 5.69 Å². The van der Waals surface area contributed by atoms with Crippen LogP contribution in [0.1, 0.15) is 42.4 Å². The molecular formula is C10H18BrClN4O. The first-order chi connectivity index (χ1) is 7.57. The number of carbonyl (C=O) groups excluding carboxylic acids is 1. The van der Waals surface area contributed by atoms with Gasteiger partial charge in [-0.05, 0) is 34.8 Å². The van der Waals surface area contributed by atoms with Crippen molar-refractivity contribution in [1.82, 2.24) is 15.5 Å². The largest absolute Gasteiger partial charge is 0.351 e. The van der Waals surface area contributed by atoms with E-state index in [0.29, 0.717) is 24.7 Å². The fourth-order valence-corrected chi connectivity index (χ4v) is 2.08. The van der Waals surface area contributed by atoms with Gasteiger partial charge >= 0.3 is 0 Å². The Morgan fingerprint density at radius 1 is 1.59 bits per heavy atom. The molecule has 1 amide bonds. The number of amides is 1. The molecule has 0 spiro atoms. The van der Waals surface area contributed by atoms with Crippen LogP contribution in [0.2, 0.25) is 0 Å². The van der Waals surface area contributed by atoms with Crippen LogP contribution >= 0.6 is 28.3 Å². The van der Waals surface area contributed by atoms with Crippen molar-refractivity contribution in [1.29, 1.82) is 0 Å². The van der Waals surface area contributed by atoms with Crippen LogP contribution in [-0.2, 0) is 0 Å². The number of halogens is 2. The van der Waals surface area contributed by atoms with Gasteiger partial charge in [0.05, 0.1) is 10.2 Å². The first kappa shape index (κ1) is 16.4. The highest BCUT2D eigenvalue weighted by atomic mass is 79.9. The average molecular weight is 326 g/mol. The van der Waals surface area contributed by atoms with Gasteiger partial charge in [0.1, 0.15) is 0 Å². The Labute approximate surface area is 115 Å². The lowest BCUT2D eigenvalue weighted by Gasteiger charge is -2.03. The minimum atomic E-state index is -0.177. The van der Waals surface area contributed by atoms with Gasteiger partial charge in [0, 0.05) is 6.54 Å². The van der Waals surface area contributed by atoms with Crippen LogP contribution in [0.4, 0.5) is 0 Å². The van der Waals surface area contributed by atoms with E-state index in [-0.39, 0.29) is 18.3 Å². The van der Waals surface area contributed by atoms with Gasteiger partial charge < -0.3 is 11.1 Å². The number of hydrogen-bond donors (Lipinski definition) is 3. The van der Waals surface area contributed by atoms with Gasteiger partial charge in [-0.25, -0.2) is 0 Å². The quantitative estimate of drug-likeness (QED) is 0.722. The van der Waals surface area contributed by atoms with Gasteiger partial charge in [0.2, 0.25) is 0 Å². The summed E-state index contributed by atoms with van der Waals surface area (Å²) in [6.07, 6.45) is 0.769. The Bertz CT molecular complexity index is 367. The van der Waals surface area contributed by atoms with Crippen molar-refractivity contribution in [2.75, 3.05) is 13.1 Å². The lowest BCUT2D eigenvalue weighted by atomic mass is 10.1. The van der Waals surface area contributed by atoms with E-state index >= 15 is 0 Å². The second-order valence-corrected chi connectivity index (χ2v) is 4.65. The lowest BCUT2D eigenvalue weighted by molar-refractivity contribution is 0.0947. The molecule has 1 rings (SSSR count). The molecule has 5 nitrogen and oxygen atoms in total. The third kappa shape index (κ3) is 4.29. The highest BCUT2D eigenvalue weighted by Crippen LogP contribution is 2.25. The molecule has 0 radical (unpaired) electrons. The number of nitrogens with zero attached hydrogens (tertiary/aromatic N) is 1. The second kappa shape index (κ2) is 7.68. The van der Waals surface area contributed by atoms with Gasteiger partial charge in [0.25, 0.3) is 5.91 Å². The molecule has 0 bridgehead atoms. The summed E-state index contributed by atoms with van der Waals surface area (Å²) >= 11 is 3.38. The maximum atomic E-state index is 11.7. The van der Waals surface area contributed by atoms with Crippen molar-refractivity contribution in [3.8, 4) is 0 Å². The van der Waals surface area contributed by atoms with Gasteiger partial charge in [-0.15, -0.1) is 12.4 Å². The number of nitrogens with two attached hydrogens (primary N) is 1. The third-order valence-corrected chi connectivity index (χ3v) is 2.99. The normalized spacial score (nSPS) is 10.2. The molecule has 0 atom stereocenters. The fraction of sp³-hybridized carbons (Fsp3) is 0.600. The molecule has 0 aliphatic heterocycles. The van der Waals surface area contributed by atoms with Gasteiger partial charge in [-0.3, -0.25) is 9.89 Å². The zero-order valence-corrected chi connectivity index (χ0v) is 12.3. The van der Waals surface area contributed by atoms with Crippen molar-refractivity contribution in [3.05, 3.63) is 15.9 Å². The number of aromatic amines is 1. The highest BCUT2D eigenvalue weighted by Gasteiger charge is 2.18. The minimum absolute atomic E-state index is 0. The predicted molar refractivity (Wildman–Crippen MR) is 73.6 cm³/mol. The molecule has 7 heteroatoms. The maximum Gasteiger partial charge on any atom is 0.272 e. The van der Waals surface area contributed by atoms with E-state index in [1.807, 2.05) is 13.8 Å². The molecule has 4 N–H and O–H groups in total. The first-order valence-electron chi connectivity index (χ1n) is 5.30. The molecular weight excluding hydrogens is 307 g/mol. The summed E-state index contributed by atoms with van der Waals surface area (Å²) in [6, 6.07) is 0. The molecule has 1 aromatic heterocycles. The van der Waals surface area contributed by atoms with E-state index in [1.54, 1.807) is 0 Å². The monoisotopic (exact) mass is 324 g/mol. The summed E-state index contributed by atoms with van der Waals surface area (Å²) in [5.74, 6) is 0.121. The van der Waals surface area contributed by atoms with Crippen molar-refractivity contribution >= 4 is 34.2 Å². The summed E-state index contributed by atoms with van der Waals surface area (Å²) < 4.78 is 0.743. The number of rotatable bonds is 5. The molecule has 0 aliphatic carbocycles. The summed E-state index contributed by atoms with van der Waals surface area (Å²) in [7, 11) is 0. The van der Waals surface area contributed by atoms with Crippen LogP contribution in [0.15, 0.2) is 4.47 Å². The SMILES string of the molecule is CC(C)c1[nH]nc(C(=O)NCCCN)c1Br.Cl. The third-order valence-electron chi connectivity index (χ3n) is 2.19. The van der Waals surface area contributed by atoms with Crippen LogP contribution in [0, 0.1) is 0 Å². The smallest absolute Gasteiger partial charge is 0.272 e. The van der Waals surface area contributed by atoms with Crippen LogP contribution in [-0.4, -0.2) is 29.2 Å². The summed E-state index contributed by atoms with van der Waals surface area (Å²) in [5, 5.41) is 9.62. The first-order valence-corrected chi connectivity index (χ1v) is 6.09. The Balaban J connectivity index is 0.00000256. The Hall–Kier alpha value is -0.590. The number of nitrogens with one attached hydrogen (secondary N) is 2. The molecule has 0 saturated heterocycles. The van der Waals surface area contributed by atoms with Crippen LogP contribution < -0.4 is 11.1 Å². The molecule has 0 fully saturated rings. The summed E-state index contributed by atoms with van der Waals surface area (Å²) in [4.78, 5) is 11.7. The standard InChI is InChI=1S/C10H17BrN4O.ClH/c1-6(2)8-7(11)9(15-14-8)10(16)13-5-3-4-12;/h6H,3-5,12H2,1-2H3,(H,13,16)(H,14,15);1H. The molecule has 0 aliphatic rings.